The molecule has 0 atom stereocenters. The lowest BCUT2D eigenvalue weighted by Crippen LogP contribution is -2.01. The van der Waals surface area contributed by atoms with E-state index in [1.54, 1.807) is 0 Å². The Kier molecular flexibility index (Phi) is 5.09. The van der Waals surface area contributed by atoms with Crippen molar-refractivity contribution in [1.29, 1.82) is 0 Å². The Hall–Kier alpha value is -0.303. The molecule has 0 aliphatic carbocycles. The normalized spacial score (nSPS) is 16.1. The highest BCUT2D eigenvalue weighted by molar-refractivity contribution is 6.70. The largest absolute Gasteiger partial charge is 0.0935 e. The fourth-order valence-corrected chi connectivity index (χ4v) is 3.75. The van der Waals surface area contributed by atoms with Crippen molar-refractivity contribution in [2.75, 3.05) is 0 Å². The summed E-state index contributed by atoms with van der Waals surface area (Å²) in [5, 5.41) is 0. The molecule has 1 rings (SSSR count). The number of hydrogen-bond acceptors (Lipinski definition) is 0. The van der Waals surface area contributed by atoms with E-state index >= 15 is 0 Å². The fourth-order valence-electron chi connectivity index (χ4n) is 1.65. The van der Waals surface area contributed by atoms with Crippen LogP contribution in [0.4, 0.5) is 0 Å². The minimum Gasteiger partial charge on any atom is -0.0935 e. The maximum atomic E-state index is 2.44. The first-order valence-electron chi connectivity index (χ1n) is 5.28. The zero-order valence-corrected chi connectivity index (χ0v) is 9.28. The second-order valence-corrected chi connectivity index (χ2v) is 6.31. The van der Waals surface area contributed by atoms with Gasteiger partial charge in [0.25, 0.3) is 0 Å². The molecule has 0 amide bonds. The van der Waals surface area contributed by atoms with Crippen LogP contribution >= 0.6 is 0 Å². The topological polar surface area (TPSA) is 0 Å². The van der Waals surface area contributed by atoms with Gasteiger partial charge in [-0.2, -0.15) is 0 Å². The Morgan fingerprint density at radius 3 is 2.25 bits per heavy atom. The Balaban J connectivity index is 1.89. The van der Waals surface area contributed by atoms with E-state index in [2.05, 4.69) is 30.5 Å². The van der Waals surface area contributed by atoms with E-state index < -0.39 is 8.80 Å². The van der Waals surface area contributed by atoms with Crippen LogP contribution < -0.4 is 0 Å². The molecule has 0 aromatic carbocycles. The van der Waals surface area contributed by atoms with Crippen molar-refractivity contribution in [2.45, 2.75) is 45.1 Å². The van der Waals surface area contributed by atoms with Gasteiger partial charge in [-0.3, -0.25) is 0 Å². The Bertz CT molecular complexity index is 146. The predicted molar refractivity (Wildman–Crippen MR) is 59.0 cm³/mol. The van der Waals surface area contributed by atoms with Crippen LogP contribution in [0.2, 0.25) is 6.04 Å². The molecule has 0 radical (unpaired) electrons. The standard InChI is InChI=1S/C11H20Si/c1-2-3-4-5-6-9-12-10-7-8-11-12/h7-8,10-12H,2-6,9H2,1H3. The summed E-state index contributed by atoms with van der Waals surface area (Å²) >= 11 is 0. The third-order valence-electron chi connectivity index (χ3n) is 2.47. The molecule has 0 fully saturated rings. The number of unbranched alkanes of at least 4 members (excludes halogenated alkanes) is 4. The summed E-state index contributed by atoms with van der Waals surface area (Å²) in [5.74, 6) is 0. The molecule has 1 heteroatoms. The van der Waals surface area contributed by atoms with E-state index in [1.165, 1.54) is 38.1 Å². The van der Waals surface area contributed by atoms with Gasteiger partial charge < -0.3 is 0 Å². The highest BCUT2D eigenvalue weighted by Gasteiger charge is 2.03. The van der Waals surface area contributed by atoms with Crippen molar-refractivity contribution in [1.82, 2.24) is 0 Å². The molecule has 0 saturated heterocycles. The van der Waals surface area contributed by atoms with Gasteiger partial charge in [0, 0.05) is 0 Å². The van der Waals surface area contributed by atoms with Crippen molar-refractivity contribution < 1.29 is 0 Å². The molecular formula is C11H20Si. The van der Waals surface area contributed by atoms with Gasteiger partial charge >= 0.3 is 0 Å². The maximum Gasteiger partial charge on any atom is 0.0852 e. The molecule has 1 aliphatic rings. The fraction of sp³-hybridized carbons (Fsp3) is 0.636. The van der Waals surface area contributed by atoms with Gasteiger partial charge in [-0.25, -0.2) is 0 Å². The summed E-state index contributed by atoms with van der Waals surface area (Å²) in [6.07, 6.45) is 11.6. The summed E-state index contributed by atoms with van der Waals surface area (Å²) in [7, 11) is -0.494. The lowest BCUT2D eigenvalue weighted by molar-refractivity contribution is 0.655. The van der Waals surface area contributed by atoms with Gasteiger partial charge in [-0.05, 0) is 0 Å². The third-order valence-corrected chi connectivity index (χ3v) is 4.98. The third kappa shape index (κ3) is 3.91. The number of rotatable bonds is 6. The van der Waals surface area contributed by atoms with Gasteiger partial charge in [0.05, 0.1) is 8.80 Å². The lowest BCUT2D eigenvalue weighted by atomic mass is 10.2. The van der Waals surface area contributed by atoms with Crippen LogP contribution in [0.25, 0.3) is 0 Å². The van der Waals surface area contributed by atoms with Crippen LogP contribution in [-0.4, -0.2) is 8.80 Å². The quantitative estimate of drug-likeness (QED) is 0.434. The highest BCUT2D eigenvalue weighted by Crippen LogP contribution is 2.11. The average Bonchev–Trinajstić information content (AvgIpc) is 2.57. The molecule has 1 heterocycles. The van der Waals surface area contributed by atoms with Gasteiger partial charge in [0.15, 0.2) is 0 Å². The summed E-state index contributed by atoms with van der Waals surface area (Å²) in [4.78, 5) is 0. The molecule has 1 aliphatic heterocycles. The average molecular weight is 180 g/mol. The Labute approximate surface area is 78.0 Å². The molecule has 68 valence electrons. The zero-order valence-electron chi connectivity index (χ0n) is 8.13. The van der Waals surface area contributed by atoms with Gasteiger partial charge in [0.1, 0.15) is 0 Å². The molecule has 0 bridgehead atoms. The Morgan fingerprint density at radius 1 is 0.917 bits per heavy atom. The number of hydrogen-bond donors (Lipinski definition) is 0. The van der Waals surface area contributed by atoms with Gasteiger partial charge in [-0.15, -0.1) is 0 Å². The molecule has 0 aromatic heterocycles. The van der Waals surface area contributed by atoms with E-state index in [9.17, 15) is 0 Å². The minimum atomic E-state index is -0.494. The van der Waals surface area contributed by atoms with E-state index in [0.717, 1.165) is 0 Å². The van der Waals surface area contributed by atoms with Crippen LogP contribution in [0, 0.1) is 0 Å². The van der Waals surface area contributed by atoms with Crippen molar-refractivity contribution in [3.05, 3.63) is 23.6 Å². The summed E-state index contributed by atoms with van der Waals surface area (Å²) in [6, 6.07) is 1.50. The molecular weight excluding hydrogens is 160 g/mol. The molecule has 12 heavy (non-hydrogen) atoms. The van der Waals surface area contributed by atoms with E-state index in [-0.39, 0.29) is 0 Å². The first-order chi connectivity index (χ1) is 5.93. The molecule has 0 saturated carbocycles. The van der Waals surface area contributed by atoms with Gasteiger partial charge in [-0.1, -0.05) is 68.6 Å². The minimum absolute atomic E-state index is 0.494. The molecule has 0 N–H and O–H groups in total. The zero-order chi connectivity index (χ0) is 8.65. The molecule has 0 nitrogen and oxygen atoms in total. The van der Waals surface area contributed by atoms with Crippen molar-refractivity contribution in [2.24, 2.45) is 0 Å². The monoisotopic (exact) mass is 180 g/mol. The van der Waals surface area contributed by atoms with Crippen LogP contribution in [-0.2, 0) is 0 Å². The van der Waals surface area contributed by atoms with E-state index in [1.807, 2.05) is 0 Å². The number of allylic oxidation sites excluding steroid dienone is 2. The van der Waals surface area contributed by atoms with Crippen LogP contribution in [0.5, 0.6) is 0 Å². The summed E-state index contributed by atoms with van der Waals surface area (Å²) in [6.45, 7) is 2.27. The lowest BCUT2D eigenvalue weighted by Gasteiger charge is -2.02. The molecule has 0 spiro atoms. The first kappa shape index (κ1) is 9.78. The predicted octanol–water partition coefficient (Wildman–Crippen LogP) is 3.39. The van der Waals surface area contributed by atoms with Gasteiger partial charge in [0.2, 0.25) is 0 Å². The molecule has 0 aromatic rings. The van der Waals surface area contributed by atoms with Crippen molar-refractivity contribution in [3.63, 3.8) is 0 Å². The highest BCUT2D eigenvalue weighted by atomic mass is 28.3. The van der Waals surface area contributed by atoms with Crippen LogP contribution in [0.15, 0.2) is 23.6 Å². The second kappa shape index (κ2) is 6.24. The maximum absolute atomic E-state index is 2.44. The summed E-state index contributed by atoms with van der Waals surface area (Å²) in [5.41, 5.74) is 4.89. The van der Waals surface area contributed by atoms with Crippen LogP contribution in [0.3, 0.4) is 0 Å². The Morgan fingerprint density at radius 2 is 1.58 bits per heavy atom. The van der Waals surface area contributed by atoms with Crippen molar-refractivity contribution >= 4 is 8.80 Å². The van der Waals surface area contributed by atoms with Crippen molar-refractivity contribution in [3.8, 4) is 0 Å². The first-order valence-corrected chi connectivity index (χ1v) is 7.43. The van der Waals surface area contributed by atoms with Crippen LogP contribution in [0.1, 0.15) is 39.0 Å². The second-order valence-electron chi connectivity index (χ2n) is 3.64. The van der Waals surface area contributed by atoms with E-state index in [0.29, 0.717) is 0 Å². The van der Waals surface area contributed by atoms with E-state index in [4.69, 9.17) is 0 Å². The smallest absolute Gasteiger partial charge is 0.0852 e. The molecule has 0 unspecified atom stereocenters. The SMILES string of the molecule is CCCCCCC[SiH]1C=CC=C1. The summed E-state index contributed by atoms with van der Waals surface area (Å²) < 4.78 is 0.